The van der Waals surface area contributed by atoms with Crippen LogP contribution in [0.25, 0.3) is 21.9 Å². The number of rotatable bonds is 4. The minimum Gasteiger partial charge on any atom is -0.491 e. The summed E-state index contributed by atoms with van der Waals surface area (Å²) in [7, 11) is 0. The molecule has 4 heteroatoms. The third-order valence-electron chi connectivity index (χ3n) is 3.19. The number of nitrogens with zero attached hydrogens (tertiary/aromatic N) is 2. The molecule has 1 heterocycles. The molecule has 0 saturated heterocycles. The summed E-state index contributed by atoms with van der Waals surface area (Å²) in [6.45, 7) is 3.98. The molecule has 3 nitrogen and oxygen atoms in total. The molecule has 114 valence electrons. The Morgan fingerprint density at radius 1 is 1.22 bits per heavy atom. The number of thiazole rings is 1. The molecule has 0 aliphatic heterocycles. The van der Waals surface area contributed by atoms with Gasteiger partial charge in [-0.15, -0.1) is 11.3 Å². The monoisotopic (exact) mass is 320 g/mol. The normalized spacial score (nSPS) is 11.7. The van der Waals surface area contributed by atoms with Crippen molar-refractivity contribution in [1.29, 1.82) is 5.26 Å². The molecule has 0 bridgehead atoms. The van der Waals surface area contributed by atoms with Crippen LogP contribution in [0.15, 0.2) is 48.5 Å². The van der Waals surface area contributed by atoms with E-state index in [1.54, 1.807) is 0 Å². The molecular weight excluding hydrogens is 304 g/mol. The average Bonchev–Trinajstić information content (AvgIpc) is 2.96. The molecule has 1 aromatic heterocycles. The zero-order valence-electron chi connectivity index (χ0n) is 13.0. The molecule has 0 atom stereocenters. The van der Waals surface area contributed by atoms with Crippen molar-refractivity contribution in [3.63, 3.8) is 0 Å². The van der Waals surface area contributed by atoms with Gasteiger partial charge in [-0.1, -0.05) is 24.3 Å². The predicted molar refractivity (Wildman–Crippen MR) is 95.3 cm³/mol. The molecule has 23 heavy (non-hydrogen) atoms. The van der Waals surface area contributed by atoms with E-state index in [4.69, 9.17) is 4.74 Å². The van der Waals surface area contributed by atoms with Gasteiger partial charge in [0.15, 0.2) is 0 Å². The van der Waals surface area contributed by atoms with Crippen LogP contribution in [0.2, 0.25) is 0 Å². The summed E-state index contributed by atoms with van der Waals surface area (Å²) in [5.74, 6) is 0.801. The summed E-state index contributed by atoms with van der Waals surface area (Å²) in [6.07, 6.45) is 1.97. The number of allylic oxidation sites excluding steroid dienone is 1. The lowest BCUT2D eigenvalue weighted by atomic mass is 10.1. The number of para-hydroxylation sites is 1. The predicted octanol–water partition coefficient (Wildman–Crippen LogP) is 5.15. The molecule has 0 amide bonds. The molecule has 0 unspecified atom stereocenters. The van der Waals surface area contributed by atoms with E-state index in [9.17, 15) is 5.26 Å². The van der Waals surface area contributed by atoms with Crippen molar-refractivity contribution in [2.24, 2.45) is 0 Å². The van der Waals surface area contributed by atoms with E-state index in [0.717, 1.165) is 26.5 Å². The van der Waals surface area contributed by atoms with Crippen molar-refractivity contribution in [2.45, 2.75) is 20.0 Å². The number of benzene rings is 2. The van der Waals surface area contributed by atoms with E-state index in [1.165, 1.54) is 11.3 Å². The van der Waals surface area contributed by atoms with Crippen LogP contribution in [-0.2, 0) is 0 Å². The van der Waals surface area contributed by atoms with Gasteiger partial charge < -0.3 is 4.74 Å². The van der Waals surface area contributed by atoms with E-state index in [1.807, 2.05) is 68.5 Å². The van der Waals surface area contributed by atoms with Crippen LogP contribution in [0.3, 0.4) is 0 Å². The number of hydrogen-bond donors (Lipinski definition) is 0. The van der Waals surface area contributed by atoms with Crippen molar-refractivity contribution in [3.05, 3.63) is 59.1 Å². The van der Waals surface area contributed by atoms with Gasteiger partial charge in [0.2, 0.25) is 0 Å². The van der Waals surface area contributed by atoms with E-state index >= 15 is 0 Å². The summed E-state index contributed by atoms with van der Waals surface area (Å²) in [5.41, 5.74) is 2.41. The summed E-state index contributed by atoms with van der Waals surface area (Å²) < 4.78 is 6.78. The zero-order chi connectivity index (χ0) is 16.2. The maximum absolute atomic E-state index is 9.50. The van der Waals surface area contributed by atoms with Crippen molar-refractivity contribution < 1.29 is 4.74 Å². The quantitative estimate of drug-likeness (QED) is 0.625. The minimum atomic E-state index is 0.119. The van der Waals surface area contributed by atoms with Crippen LogP contribution in [0, 0.1) is 11.3 Å². The second-order valence-electron chi connectivity index (χ2n) is 5.40. The van der Waals surface area contributed by atoms with E-state index in [-0.39, 0.29) is 6.10 Å². The van der Waals surface area contributed by atoms with Crippen LogP contribution < -0.4 is 4.74 Å². The summed E-state index contributed by atoms with van der Waals surface area (Å²) >= 11 is 1.53. The van der Waals surface area contributed by atoms with Crippen LogP contribution >= 0.6 is 11.3 Å². The highest BCUT2D eigenvalue weighted by Gasteiger charge is 2.08. The lowest BCUT2D eigenvalue weighted by Crippen LogP contribution is -2.05. The molecule has 0 aliphatic rings. The van der Waals surface area contributed by atoms with Gasteiger partial charge in [-0.3, -0.25) is 0 Å². The number of ether oxygens (including phenoxy) is 1. The van der Waals surface area contributed by atoms with E-state index in [0.29, 0.717) is 5.57 Å². The fourth-order valence-electron chi connectivity index (χ4n) is 2.25. The standard InChI is InChI=1S/C19H16N2OS/c1-13(2)22-16-7-5-6-14(11-16)10-15(12-20)19-21-17-8-3-4-9-18(17)23-19/h3-11,13H,1-2H3/b15-10-. The molecule has 3 aromatic rings. The van der Waals surface area contributed by atoms with Crippen molar-refractivity contribution in [3.8, 4) is 11.8 Å². The van der Waals surface area contributed by atoms with Crippen molar-refractivity contribution in [2.75, 3.05) is 0 Å². The molecule has 3 rings (SSSR count). The number of nitriles is 1. The Morgan fingerprint density at radius 2 is 2.04 bits per heavy atom. The SMILES string of the molecule is CC(C)Oc1cccc(/C=C(/C#N)c2nc3ccccc3s2)c1. The maximum atomic E-state index is 9.50. The Kier molecular flexibility index (Phi) is 4.40. The molecular formula is C19H16N2OS. The molecule has 0 fully saturated rings. The van der Waals surface area contributed by atoms with Crippen LogP contribution in [0.4, 0.5) is 0 Å². The Balaban J connectivity index is 1.97. The fraction of sp³-hybridized carbons (Fsp3) is 0.158. The van der Waals surface area contributed by atoms with Gasteiger partial charge in [-0.05, 0) is 49.8 Å². The van der Waals surface area contributed by atoms with Gasteiger partial charge in [0, 0.05) is 0 Å². The first kappa shape index (κ1) is 15.3. The first-order valence-corrected chi connectivity index (χ1v) is 8.22. The topological polar surface area (TPSA) is 45.9 Å². The van der Waals surface area contributed by atoms with Crippen molar-refractivity contribution in [1.82, 2.24) is 4.98 Å². The van der Waals surface area contributed by atoms with Gasteiger partial charge in [-0.25, -0.2) is 4.98 Å². The Morgan fingerprint density at radius 3 is 2.78 bits per heavy atom. The number of aromatic nitrogens is 1. The fourth-order valence-corrected chi connectivity index (χ4v) is 3.18. The molecule has 0 spiro atoms. The highest BCUT2D eigenvalue weighted by molar-refractivity contribution is 7.19. The Hall–Kier alpha value is -2.64. The average molecular weight is 320 g/mol. The third kappa shape index (κ3) is 3.58. The van der Waals surface area contributed by atoms with Gasteiger partial charge in [0.25, 0.3) is 0 Å². The summed E-state index contributed by atoms with van der Waals surface area (Å²) in [4.78, 5) is 4.55. The Labute approximate surface area is 139 Å². The second kappa shape index (κ2) is 6.64. The minimum absolute atomic E-state index is 0.119. The van der Waals surface area contributed by atoms with Gasteiger partial charge >= 0.3 is 0 Å². The zero-order valence-corrected chi connectivity index (χ0v) is 13.8. The summed E-state index contributed by atoms with van der Waals surface area (Å²) in [5, 5.41) is 10.2. The second-order valence-corrected chi connectivity index (χ2v) is 6.43. The smallest absolute Gasteiger partial charge is 0.135 e. The van der Waals surface area contributed by atoms with E-state index < -0.39 is 0 Å². The molecule has 0 aliphatic carbocycles. The summed E-state index contributed by atoms with van der Waals surface area (Å²) in [6, 6.07) is 17.9. The van der Waals surface area contributed by atoms with Crippen LogP contribution in [0.1, 0.15) is 24.4 Å². The molecule has 0 N–H and O–H groups in total. The number of hydrogen-bond acceptors (Lipinski definition) is 4. The third-order valence-corrected chi connectivity index (χ3v) is 4.26. The maximum Gasteiger partial charge on any atom is 0.135 e. The van der Waals surface area contributed by atoms with Crippen LogP contribution in [-0.4, -0.2) is 11.1 Å². The molecule has 0 saturated carbocycles. The van der Waals surface area contributed by atoms with Crippen LogP contribution in [0.5, 0.6) is 5.75 Å². The van der Waals surface area contributed by atoms with Crippen molar-refractivity contribution >= 4 is 33.2 Å². The molecule has 0 radical (unpaired) electrons. The molecule has 2 aromatic carbocycles. The van der Waals surface area contributed by atoms with Gasteiger partial charge in [-0.2, -0.15) is 5.26 Å². The lowest BCUT2D eigenvalue weighted by molar-refractivity contribution is 0.242. The first-order valence-electron chi connectivity index (χ1n) is 7.40. The first-order chi connectivity index (χ1) is 11.2. The van der Waals surface area contributed by atoms with Gasteiger partial charge in [0.1, 0.15) is 16.8 Å². The largest absolute Gasteiger partial charge is 0.491 e. The highest BCUT2D eigenvalue weighted by atomic mass is 32.1. The Bertz CT molecular complexity index is 870. The number of fused-ring (bicyclic) bond motifs is 1. The highest BCUT2D eigenvalue weighted by Crippen LogP contribution is 2.28. The van der Waals surface area contributed by atoms with Gasteiger partial charge in [0.05, 0.1) is 21.9 Å². The van der Waals surface area contributed by atoms with E-state index in [2.05, 4.69) is 11.1 Å². The lowest BCUT2D eigenvalue weighted by Gasteiger charge is -2.09.